The highest BCUT2D eigenvalue weighted by Crippen LogP contribution is 2.42. The number of likely N-dealkylation sites (tertiary alicyclic amines) is 1. The number of rotatable bonds is 5. The number of benzene rings is 3. The predicted molar refractivity (Wildman–Crippen MR) is 173 cm³/mol. The van der Waals surface area contributed by atoms with E-state index < -0.39 is 5.91 Å². The Morgan fingerprint density at radius 3 is 2.53 bits per heavy atom. The van der Waals surface area contributed by atoms with Crippen molar-refractivity contribution >= 4 is 34.3 Å². The molecule has 0 saturated carbocycles. The summed E-state index contributed by atoms with van der Waals surface area (Å²) in [6.45, 7) is 4.28. The Morgan fingerprint density at radius 2 is 1.78 bits per heavy atom. The summed E-state index contributed by atoms with van der Waals surface area (Å²) in [6, 6.07) is 14.1. The van der Waals surface area contributed by atoms with Crippen LogP contribution in [0.1, 0.15) is 62.4 Å². The van der Waals surface area contributed by atoms with Gasteiger partial charge in [0.05, 0.1) is 17.6 Å². The fourth-order valence-corrected chi connectivity index (χ4v) is 7.72. The first-order chi connectivity index (χ1) is 21.6. The lowest BCUT2D eigenvalue weighted by molar-refractivity contribution is -0.137. The molecule has 0 bridgehead atoms. The van der Waals surface area contributed by atoms with E-state index in [9.17, 15) is 18.8 Å². The van der Waals surface area contributed by atoms with E-state index in [0.717, 1.165) is 71.4 Å². The number of nitrogens with zero attached hydrogens (tertiary/aromatic N) is 3. The minimum absolute atomic E-state index is 0.131. The number of H-pyrrole nitrogens is 1. The smallest absolute Gasteiger partial charge is 0.258 e. The highest BCUT2D eigenvalue weighted by molar-refractivity contribution is 6.13. The number of carbonyl (C=O) groups excluding carboxylic acids is 3. The number of aromatic amines is 1. The number of amides is 3. The third-order valence-corrected chi connectivity index (χ3v) is 10.3. The first-order valence-corrected chi connectivity index (χ1v) is 15.7. The Hall–Kier alpha value is -4.50. The Bertz CT molecular complexity index is 1870. The monoisotopic (exact) mass is 607 g/mol. The van der Waals surface area contributed by atoms with Crippen LogP contribution in [0.5, 0.6) is 0 Å². The SMILES string of the molecule is Cc1c(-c2ccc(C(N)=O)c3[nH]c4c(c23)CCC(C(=O)N(C)C2CCN(C)CC2)C4)cccc1N1Cc2cc(F)ccc2C1=O. The van der Waals surface area contributed by atoms with Crippen LogP contribution >= 0.6 is 0 Å². The van der Waals surface area contributed by atoms with Crippen LogP contribution in [0, 0.1) is 18.7 Å². The molecule has 1 atom stereocenters. The summed E-state index contributed by atoms with van der Waals surface area (Å²) >= 11 is 0. The molecule has 8 nitrogen and oxygen atoms in total. The van der Waals surface area contributed by atoms with Crippen LogP contribution in [0.2, 0.25) is 0 Å². The molecule has 45 heavy (non-hydrogen) atoms. The molecule has 0 radical (unpaired) electrons. The van der Waals surface area contributed by atoms with Crippen LogP contribution in [0.4, 0.5) is 10.1 Å². The van der Waals surface area contributed by atoms with E-state index in [4.69, 9.17) is 5.73 Å². The van der Waals surface area contributed by atoms with Gasteiger partial charge in [0.15, 0.2) is 0 Å². The third kappa shape index (κ3) is 4.90. The number of aryl methyl sites for hydroxylation is 1. The fraction of sp³-hybridized carbons (Fsp3) is 0.361. The van der Waals surface area contributed by atoms with E-state index in [0.29, 0.717) is 41.6 Å². The van der Waals surface area contributed by atoms with Crippen LogP contribution in [0.15, 0.2) is 48.5 Å². The Morgan fingerprint density at radius 1 is 1.02 bits per heavy atom. The Balaban J connectivity index is 1.25. The molecule has 1 saturated heterocycles. The van der Waals surface area contributed by atoms with Gasteiger partial charge in [0, 0.05) is 41.3 Å². The molecule has 7 rings (SSSR count). The molecule has 2 aliphatic heterocycles. The molecule has 3 amide bonds. The average Bonchev–Trinajstić information content (AvgIpc) is 3.57. The number of carbonyl (C=O) groups is 3. The number of primary amides is 1. The molecular weight excluding hydrogens is 569 g/mol. The van der Waals surface area contributed by atoms with Gasteiger partial charge in [-0.15, -0.1) is 0 Å². The van der Waals surface area contributed by atoms with Crippen molar-refractivity contribution in [3.05, 3.63) is 87.9 Å². The molecule has 1 aromatic heterocycles. The molecule has 4 aromatic rings. The zero-order chi connectivity index (χ0) is 31.6. The van der Waals surface area contributed by atoms with E-state index in [1.54, 1.807) is 17.0 Å². The lowest BCUT2D eigenvalue weighted by Gasteiger charge is -2.37. The van der Waals surface area contributed by atoms with Crippen LogP contribution in [-0.2, 0) is 24.2 Å². The van der Waals surface area contributed by atoms with Gasteiger partial charge < -0.3 is 25.4 Å². The van der Waals surface area contributed by atoms with Crippen molar-refractivity contribution in [3.8, 4) is 11.1 Å². The maximum atomic E-state index is 13.9. The molecule has 1 fully saturated rings. The van der Waals surface area contributed by atoms with E-state index in [-0.39, 0.29) is 29.6 Å². The second kappa shape index (κ2) is 11.1. The lowest BCUT2D eigenvalue weighted by Crippen LogP contribution is -2.47. The molecular formula is C36H38FN5O3. The summed E-state index contributed by atoms with van der Waals surface area (Å²) in [7, 11) is 4.06. The Labute approximate surface area is 262 Å². The van der Waals surface area contributed by atoms with Gasteiger partial charge in [-0.05, 0) is 117 Å². The Kier molecular flexibility index (Phi) is 7.23. The average molecular weight is 608 g/mol. The van der Waals surface area contributed by atoms with E-state index in [1.807, 2.05) is 43.1 Å². The molecule has 232 valence electrons. The van der Waals surface area contributed by atoms with E-state index >= 15 is 0 Å². The third-order valence-electron chi connectivity index (χ3n) is 10.3. The predicted octanol–water partition coefficient (Wildman–Crippen LogP) is 5.20. The summed E-state index contributed by atoms with van der Waals surface area (Å²) in [5.41, 5.74) is 13.8. The fourth-order valence-electron chi connectivity index (χ4n) is 7.72. The number of fused-ring (bicyclic) bond motifs is 4. The number of halogens is 1. The van der Waals surface area contributed by atoms with Crippen molar-refractivity contribution in [1.29, 1.82) is 0 Å². The molecule has 3 aromatic carbocycles. The summed E-state index contributed by atoms with van der Waals surface area (Å²) in [6.07, 6.45) is 3.98. The first kappa shape index (κ1) is 29.2. The van der Waals surface area contributed by atoms with Crippen LogP contribution in [-0.4, -0.2) is 65.7 Å². The van der Waals surface area contributed by atoms with Gasteiger partial charge in [0.1, 0.15) is 5.82 Å². The second-order valence-corrected chi connectivity index (χ2v) is 12.9. The summed E-state index contributed by atoms with van der Waals surface area (Å²) in [4.78, 5) is 49.1. The number of hydrogen-bond acceptors (Lipinski definition) is 4. The van der Waals surface area contributed by atoms with Crippen molar-refractivity contribution in [2.24, 2.45) is 11.7 Å². The number of piperidine rings is 1. The zero-order valence-electron chi connectivity index (χ0n) is 26.0. The second-order valence-electron chi connectivity index (χ2n) is 12.9. The number of anilines is 1. The molecule has 9 heteroatoms. The van der Waals surface area contributed by atoms with Crippen LogP contribution in [0.25, 0.3) is 22.0 Å². The van der Waals surface area contributed by atoms with Gasteiger partial charge in [-0.3, -0.25) is 14.4 Å². The van der Waals surface area contributed by atoms with E-state index in [1.165, 1.54) is 12.1 Å². The van der Waals surface area contributed by atoms with Gasteiger partial charge in [0.25, 0.3) is 11.8 Å². The van der Waals surface area contributed by atoms with Crippen LogP contribution < -0.4 is 10.6 Å². The largest absolute Gasteiger partial charge is 0.366 e. The van der Waals surface area contributed by atoms with E-state index in [2.05, 4.69) is 16.9 Å². The standard InChI is InChI=1S/C36H38FN5O3/c1-20-25(5-4-6-31(20)42-19-22-17-23(37)8-10-26(22)36(42)45)27-11-12-29(34(38)43)33-32(27)28-9-7-21(18-30(28)39-33)35(44)41(3)24-13-15-40(2)16-14-24/h4-6,8,10-12,17,21,24,39H,7,9,13-16,18-19H2,1-3H3,(H2,38,43). The minimum atomic E-state index is -0.516. The van der Waals surface area contributed by atoms with Crippen molar-refractivity contribution in [2.75, 3.05) is 32.1 Å². The topological polar surface area (TPSA) is 103 Å². The quantitative estimate of drug-likeness (QED) is 0.326. The molecule has 3 heterocycles. The van der Waals surface area contributed by atoms with Gasteiger partial charge in [-0.1, -0.05) is 18.2 Å². The van der Waals surface area contributed by atoms with Crippen molar-refractivity contribution < 1.29 is 18.8 Å². The molecule has 1 unspecified atom stereocenters. The number of aromatic nitrogens is 1. The highest BCUT2D eigenvalue weighted by atomic mass is 19.1. The van der Waals surface area contributed by atoms with Crippen molar-refractivity contribution in [3.63, 3.8) is 0 Å². The summed E-state index contributed by atoms with van der Waals surface area (Å²) in [5.74, 6) is -0.977. The number of hydrogen-bond donors (Lipinski definition) is 2. The summed E-state index contributed by atoms with van der Waals surface area (Å²) < 4.78 is 13.9. The van der Waals surface area contributed by atoms with Gasteiger partial charge in [-0.2, -0.15) is 0 Å². The van der Waals surface area contributed by atoms with Crippen molar-refractivity contribution in [2.45, 2.75) is 51.6 Å². The van der Waals surface area contributed by atoms with Gasteiger partial charge in [-0.25, -0.2) is 4.39 Å². The number of nitrogens with one attached hydrogen (secondary N) is 1. The first-order valence-electron chi connectivity index (χ1n) is 15.7. The lowest BCUT2D eigenvalue weighted by atomic mass is 9.83. The minimum Gasteiger partial charge on any atom is -0.366 e. The van der Waals surface area contributed by atoms with Crippen LogP contribution in [0.3, 0.4) is 0 Å². The highest BCUT2D eigenvalue weighted by Gasteiger charge is 2.34. The normalized spacial score (nSPS) is 18.7. The molecule has 0 spiro atoms. The molecule has 1 aliphatic carbocycles. The van der Waals surface area contributed by atoms with Crippen molar-refractivity contribution in [1.82, 2.24) is 14.8 Å². The number of nitrogens with two attached hydrogens (primary N) is 1. The maximum absolute atomic E-state index is 13.9. The maximum Gasteiger partial charge on any atom is 0.258 e. The van der Waals surface area contributed by atoms with Gasteiger partial charge >= 0.3 is 0 Å². The molecule has 3 N–H and O–H groups in total. The summed E-state index contributed by atoms with van der Waals surface area (Å²) in [5, 5.41) is 0.939. The van der Waals surface area contributed by atoms with Gasteiger partial charge in [0.2, 0.25) is 5.91 Å². The molecule has 3 aliphatic rings. The zero-order valence-corrected chi connectivity index (χ0v) is 26.0.